The van der Waals surface area contributed by atoms with E-state index in [4.69, 9.17) is 0 Å². The van der Waals surface area contributed by atoms with Crippen molar-refractivity contribution >= 4 is 5.69 Å². The molecule has 2 aromatic carbocycles. The lowest BCUT2D eigenvalue weighted by molar-refractivity contribution is -0.136. The molecule has 0 aliphatic carbocycles. The molecule has 0 aliphatic heterocycles. The second-order valence-corrected chi connectivity index (χ2v) is 4.39. The highest BCUT2D eigenvalue weighted by Gasteiger charge is 2.32. The molecule has 2 aromatic rings. The van der Waals surface area contributed by atoms with Crippen LogP contribution in [-0.4, -0.2) is 0 Å². The van der Waals surface area contributed by atoms with Gasteiger partial charge in [-0.3, -0.25) is 0 Å². The van der Waals surface area contributed by atoms with Gasteiger partial charge in [0.2, 0.25) is 0 Å². The molecular weight excluding hydrogens is 251 g/mol. The molecule has 0 saturated carbocycles. The zero-order chi connectivity index (χ0) is 13.9. The molecule has 19 heavy (non-hydrogen) atoms. The van der Waals surface area contributed by atoms with Crippen LogP contribution in [0, 0.1) is 6.92 Å². The van der Waals surface area contributed by atoms with Gasteiger partial charge >= 0.3 is 6.18 Å². The summed E-state index contributed by atoms with van der Waals surface area (Å²) in [6.07, 6.45) is -4.34. The van der Waals surface area contributed by atoms with E-state index in [9.17, 15) is 13.2 Å². The van der Waals surface area contributed by atoms with Crippen molar-refractivity contribution in [2.24, 2.45) is 0 Å². The molecule has 0 fully saturated rings. The molecule has 100 valence electrons. The number of rotatable bonds is 3. The summed E-state index contributed by atoms with van der Waals surface area (Å²) in [5, 5.41) is 2.84. The Morgan fingerprint density at radius 1 is 1.00 bits per heavy atom. The maximum absolute atomic E-state index is 12.8. The maximum Gasteiger partial charge on any atom is 0.418 e. The molecule has 0 heterocycles. The minimum atomic E-state index is -4.34. The van der Waals surface area contributed by atoms with E-state index in [0.717, 1.165) is 17.2 Å². The summed E-state index contributed by atoms with van der Waals surface area (Å²) < 4.78 is 38.4. The molecule has 0 aliphatic rings. The van der Waals surface area contributed by atoms with Crippen LogP contribution in [-0.2, 0) is 12.7 Å². The average molecular weight is 265 g/mol. The predicted molar refractivity (Wildman–Crippen MR) is 69.9 cm³/mol. The molecule has 2 rings (SSSR count). The van der Waals surface area contributed by atoms with Crippen LogP contribution in [0.2, 0.25) is 0 Å². The van der Waals surface area contributed by atoms with Crippen LogP contribution in [0.3, 0.4) is 0 Å². The fourth-order valence-electron chi connectivity index (χ4n) is 1.90. The van der Waals surface area contributed by atoms with Gasteiger partial charge in [0, 0.05) is 12.2 Å². The van der Waals surface area contributed by atoms with Gasteiger partial charge in [0.25, 0.3) is 0 Å². The van der Waals surface area contributed by atoms with Crippen molar-refractivity contribution in [3.63, 3.8) is 0 Å². The van der Waals surface area contributed by atoms with Gasteiger partial charge in [-0.05, 0) is 24.6 Å². The number of alkyl halides is 3. The van der Waals surface area contributed by atoms with Gasteiger partial charge in [0.1, 0.15) is 0 Å². The van der Waals surface area contributed by atoms with Gasteiger partial charge in [0.15, 0.2) is 0 Å². The summed E-state index contributed by atoms with van der Waals surface area (Å²) >= 11 is 0. The quantitative estimate of drug-likeness (QED) is 0.853. The highest BCUT2D eigenvalue weighted by atomic mass is 19.4. The second-order valence-electron chi connectivity index (χ2n) is 4.39. The molecule has 0 aromatic heterocycles. The molecule has 0 atom stereocenters. The fraction of sp³-hybridized carbons (Fsp3) is 0.200. The number of anilines is 1. The zero-order valence-electron chi connectivity index (χ0n) is 10.5. The summed E-state index contributed by atoms with van der Waals surface area (Å²) in [5.41, 5.74) is 1.51. The summed E-state index contributed by atoms with van der Waals surface area (Å²) in [6.45, 7) is 2.32. The summed E-state index contributed by atoms with van der Waals surface area (Å²) in [5.74, 6) is 0. The molecule has 1 N–H and O–H groups in total. The van der Waals surface area contributed by atoms with Crippen molar-refractivity contribution < 1.29 is 13.2 Å². The molecule has 0 radical (unpaired) electrons. The summed E-state index contributed by atoms with van der Waals surface area (Å²) in [4.78, 5) is 0. The van der Waals surface area contributed by atoms with Gasteiger partial charge in [-0.1, -0.05) is 42.0 Å². The largest absolute Gasteiger partial charge is 0.418 e. The molecule has 0 spiro atoms. The standard InChI is InChI=1S/C15H14F3N/c1-11-5-4-6-12(9-11)10-19-14-8-3-2-7-13(14)15(16,17)18/h2-9,19H,10H2,1H3. The van der Waals surface area contributed by atoms with Crippen molar-refractivity contribution in [1.29, 1.82) is 0 Å². The molecular formula is C15H14F3N. The lowest BCUT2D eigenvalue weighted by Gasteiger charge is -2.14. The van der Waals surface area contributed by atoms with E-state index in [1.165, 1.54) is 12.1 Å². The normalized spacial score (nSPS) is 11.4. The van der Waals surface area contributed by atoms with Crippen molar-refractivity contribution in [3.05, 3.63) is 65.2 Å². The Kier molecular flexibility index (Phi) is 3.79. The first kappa shape index (κ1) is 13.5. The minimum Gasteiger partial charge on any atom is -0.380 e. The lowest BCUT2D eigenvalue weighted by atomic mass is 10.1. The first-order valence-corrected chi connectivity index (χ1v) is 5.92. The van der Waals surface area contributed by atoms with E-state index in [0.29, 0.717) is 6.54 Å². The van der Waals surface area contributed by atoms with Gasteiger partial charge in [-0.15, -0.1) is 0 Å². The first-order valence-electron chi connectivity index (χ1n) is 5.92. The second kappa shape index (κ2) is 5.34. The Labute approximate surface area is 110 Å². The van der Waals surface area contributed by atoms with Crippen molar-refractivity contribution in [3.8, 4) is 0 Å². The van der Waals surface area contributed by atoms with Crippen LogP contribution in [0.15, 0.2) is 48.5 Å². The van der Waals surface area contributed by atoms with E-state index < -0.39 is 11.7 Å². The predicted octanol–water partition coefficient (Wildman–Crippen LogP) is 4.63. The Balaban J connectivity index is 2.16. The number of para-hydroxylation sites is 1. The Bertz CT molecular complexity index is 561. The molecule has 0 bridgehead atoms. The van der Waals surface area contributed by atoms with Crippen LogP contribution >= 0.6 is 0 Å². The monoisotopic (exact) mass is 265 g/mol. The van der Waals surface area contributed by atoms with Crippen LogP contribution < -0.4 is 5.32 Å². The van der Waals surface area contributed by atoms with Crippen molar-refractivity contribution in [2.45, 2.75) is 19.6 Å². The third kappa shape index (κ3) is 3.50. The maximum atomic E-state index is 12.8. The van der Waals surface area contributed by atoms with Gasteiger partial charge in [-0.2, -0.15) is 13.2 Å². The minimum absolute atomic E-state index is 0.108. The molecule has 4 heteroatoms. The van der Waals surface area contributed by atoms with Crippen molar-refractivity contribution in [1.82, 2.24) is 0 Å². The number of hydrogen-bond donors (Lipinski definition) is 1. The van der Waals surface area contributed by atoms with E-state index in [1.54, 1.807) is 6.07 Å². The third-order valence-electron chi connectivity index (χ3n) is 2.80. The third-order valence-corrected chi connectivity index (χ3v) is 2.80. The Morgan fingerprint density at radius 2 is 1.74 bits per heavy atom. The zero-order valence-corrected chi connectivity index (χ0v) is 10.5. The number of hydrogen-bond acceptors (Lipinski definition) is 1. The molecule has 0 unspecified atom stereocenters. The number of halogens is 3. The van der Waals surface area contributed by atoms with E-state index in [-0.39, 0.29) is 5.69 Å². The van der Waals surface area contributed by atoms with Crippen LogP contribution in [0.4, 0.5) is 18.9 Å². The summed E-state index contributed by atoms with van der Waals surface area (Å²) in [7, 11) is 0. The van der Waals surface area contributed by atoms with Crippen LogP contribution in [0.1, 0.15) is 16.7 Å². The van der Waals surface area contributed by atoms with Crippen LogP contribution in [0.25, 0.3) is 0 Å². The van der Waals surface area contributed by atoms with Gasteiger partial charge in [0.05, 0.1) is 5.56 Å². The number of nitrogens with one attached hydrogen (secondary N) is 1. The highest BCUT2D eigenvalue weighted by Crippen LogP contribution is 2.34. The van der Waals surface area contributed by atoms with Gasteiger partial charge < -0.3 is 5.32 Å². The summed E-state index contributed by atoms with van der Waals surface area (Å²) in [6, 6.07) is 13.2. The van der Waals surface area contributed by atoms with Gasteiger partial charge in [-0.25, -0.2) is 0 Å². The van der Waals surface area contributed by atoms with Crippen LogP contribution in [0.5, 0.6) is 0 Å². The highest BCUT2D eigenvalue weighted by molar-refractivity contribution is 5.52. The van der Waals surface area contributed by atoms with Crippen molar-refractivity contribution in [2.75, 3.05) is 5.32 Å². The topological polar surface area (TPSA) is 12.0 Å². The average Bonchev–Trinajstić information content (AvgIpc) is 2.36. The fourth-order valence-corrected chi connectivity index (χ4v) is 1.90. The smallest absolute Gasteiger partial charge is 0.380 e. The lowest BCUT2D eigenvalue weighted by Crippen LogP contribution is -2.10. The van der Waals surface area contributed by atoms with E-state index in [1.807, 2.05) is 31.2 Å². The molecule has 1 nitrogen and oxygen atoms in total. The Hall–Kier alpha value is -1.97. The number of benzene rings is 2. The number of aryl methyl sites for hydroxylation is 1. The van der Waals surface area contributed by atoms with E-state index in [2.05, 4.69) is 5.32 Å². The molecule has 0 amide bonds. The molecule has 0 saturated heterocycles. The van der Waals surface area contributed by atoms with E-state index >= 15 is 0 Å². The Morgan fingerprint density at radius 3 is 2.42 bits per heavy atom. The SMILES string of the molecule is Cc1cccc(CNc2ccccc2C(F)(F)F)c1. The first-order chi connectivity index (χ1) is 8.97.